The third-order valence-electron chi connectivity index (χ3n) is 5.26. The quantitative estimate of drug-likeness (QED) is 0.459. The molecule has 0 atom stereocenters. The molecule has 0 fully saturated rings. The first kappa shape index (κ1) is 21.1. The number of hydrogen-bond acceptors (Lipinski definition) is 4. The van der Waals surface area contributed by atoms with Gasteiger partial charge in [-0.2, -0.15) is 0 Å². The number of hydrogen-bond donors (Lipinski definition) is 1. The van der Waals surface area contributed by atoms with E-state index < -0.39 is 5.69 Å². The van der Waals surface area contributed by atoms with Crippen LogP contribution >= 0.6 is 0 Å². The van der Waals surface area contributed by atoms with E-state index >= 15 is 0 Å². The molecule has 1 heterocycles. The van der Waals surface area contributed by atoms with Crippen LogP contribution in [0.3, 0.4) is 0 Å². The number of amides is 1. The first-order valence-corrected chi connectivity index (χ1v) is 10.5. The van der Waals surface area contributed by atoms with Crippen molar-refractivity contribution in [3.05, 3.63) is 111 Å². The van der Waals surface area contributed by atoms with Gasteiger partial charge >= 0.3 is 5.69 Å². The zero-order valence-electron chi connectivity index (χ0n) is 17.8. The standard InChI is InChI=1S/C25H24N4O3/c1-2-27-24(31)21-15-9-10-16-22(21)28(25(27)32)18-23(30)26-29(20-13-7-4-8-14-20)17-19-11-5-3-6-12-19/h3-16H,2,17-18H2,1H3,(H,26,30). The fourth-order valence-electron chi connectivity index (χ4n) is 3.70. The van der Waals surface area contributed by atoms with E-state index in [1.165, 1.54) is 4.57 Å². The molecular weight excluding hydrogens is 404 g/mol. The average Bonchev–Trinajstić information content (AvgIpc) is 2.83. The summed E-state index contributed by atoms with van der Waals surface area (Å²) in [4.78, 5) is 38.6. The number of carbonyl (C=O) groups excluding carboxylic acids is 1. The van der Waals surface area contributed by atoms with Crippen LogP contribution in [0.1, 0.15) is 12.5 Å². The van der Waals surface area contributed by atoms with E-state index in [2.05, 4.69) is 5.43 Å². The van der Waals surface area contributed by atoms with Gasteiger partial charge < -0.3 is 0 Å². The monoisotopic (exact) mass is 428 g/mol. The van der Waals surface area contributed by atoms with Crippen LogP contribution in [0.4, 0.5) is 5.69 Å². The van der Waals surface area contributed by atoms with Crippen molar-refractivity contribution < 1.29 is 4.79 Å². The van der Waals surface area contributed by atoms with Crippen molar-refractivity contribution in [3.8, 4) is 0 Å². The van der Waals surface area contributed by atoms with Crippen LogP contribution in [0.25, 0.3) is 10.9 Å². The fraction of sp³-hybridized carbons (Fsp3) is 0.160. The number of benzene rings is 3. The van der Waals surface area contributed by atoms with E-state index in [1.807, 2.05) is 60.7 Å². The molecular formula is C25H24N4O3. The second kappa shape index (κ2) is 9.34. The van der Waals surface area contributed by atoms with Crippen LogP contribution in [-0.2, 0) is 24.4 Å². The molecule has 0 radical (unpaired) electrons. The molecule has 7 heteroatoms. The molecule has 0 saturated carbocycles. The zero-order valence-corrected chi connectivity index (χ0v) is 17.8. The Labute approximate surface area is 185 Å². The summed E-state index contributed by atoms with van der Waals surface area (Å²) >= 11 is 0. The molecule has 3 aromatic carbocycles. The molecule has 1 aromatic heterocycles. The third-order valence-corrected chi connectivity index (χ3v) is 5.26. The highest BCUT2D eigenvalue weighted by molar-refractivity contribution is 5.82. The van der Waals surface area contributed by atoms with Crippen LogP contribution < -0.4 is 21.7 Å². The lowest BCUT2D eigenvalue weighted by Crippen LogP contribution is -2.46. The number of fused-ring (bicyclic) bond motifs is 1. The maximum absolute atomic E-state index is 13.1. The summed E-state index contributed by atoms with van der Waals surface area (Å²) in [7, 11) is 0. The molecule has 0 unspecified atom stereocenters. The van der Waals surface area contributed by atoms with Crippen LogP contribution in [0, 0.1) is 0 Å². The smallest absolute Gasteiger partial charge is 0.284 e. The van der Waals surface area contributed by atoms with Gasteiger partial charge in [-0.15, -0.1) is 0 Å². The normalized spacial score (nSPS) is 10.8. The van der Waals surface area contributed by atoms with Gasteiger partial charge in [0, 0.05) is 6.54 Å². The lowest BCUT2D eigenvalue weighted by Gasteiger charge is -2.26. The number of nitrogens with one attached hydrogen (secondary N) is 1. The summed E-state index contributed by atoms with van der Waals surface area (Å²) in [5.74, 6) is -0.363. The summed E-state index contributed by atoms with van der Waals surface area (Å²) in [6, 6.07) is 26.2. The predicted molar refractivity (Wildman–Crippen MR) is 125 cm³/mol. The Bertz CT molecular complexity index is 1340. The Morgan fingerprint density at radius 1 is 0.844 bits per heavy atom. The van der Waals surface area contributed by atoms with Crippen LogP contribution in [-0.4, -0.2) is 15.0 Å². The number of carbonyl (C=O) groups is 1. The zero-order chi connectivity index (χ0) is 22.5. The molecule has 0 spiro atoms. The number of aromatic nitrogens is 2. The van der Waals surface area contributed by atoms with Crippen molar-refractivity contribution in [2.45, 2.75) is 26.6 Å². The molecule has 0 saturated heterocycles. The molecule has 0 aliphatic carbocycles. The summed E-state index contributed by atoms with van der Waals surface area (Å²) in [5.41, 5.74) is 4.36. The van der Waals surface area contributed by atoms with Crippen molar-refractivity contribution in [2.24, 2.45) is 0 Å². The second-order valence-electron chi connectivity index (χ2n) is 7.38. The SMILES string of the molecule is CCn1c(=O)c2ccccc2n(CC(=O)NN(Cc2ccccc2)c2ccccc2)c1=O. The number of hydrazine groups is 1. The highest BCUT2D eigenvalue weighted by Gasteiger charge is 2.16. The van der Waals surface area contributed by atoms with Crippen molar-refractivity contribution in [1.29, 1.82) is 0 Å². The minimum atomic E-state index is -0.499. The molecule has 1 N–H and O–H groups in total. The van der Waals surface area contributed by atoms with Crippen molar-refractivity contribution in [2.75, 3.05) is 5.01 Å². The molecule has 32 heavy (non-hydrogen) atoms. The highest BCUT2D eigenvalue weighted by Crippen LogP contribution is 2.15. The average molecular weight is 428 g/mol. The van der Waals surface area contributed by atoms with E-state index in [1.54, 1.807) is 36.2 Å². The van der Waals surface area contributed by atoms with Gasteiger partial charge in [0.25, 0.3) is 11.5 Å². The summed E-state index contributed by atoms with van der Waals surface area (Å²) in [6.07, 6.45) is 0. The number of rotatable bonds is 7. The molecule has 162 valence electrons. The molecule has 0 aliphatic rings. The van der Waals surface area contributed by atoms with Gasteiger partial charge in [0.15, 0.2) is 0 Å². The molecule has 0 aliphatic heterocycles. The molecule has 0 bridgehead atoms. The van der Waals surface area contributed by atoms with Gasteiger partial charge in [-0.1, -0.05) is 60.7 Å². The van der Waals surface area contributed by atoms with E-state index in [-0.39, 0.29) is 24.6 Å². The van der Waals surface area contributed by atoms with Gasteiger partial charge in [0.2, 0.25) is 0 Å². The van der Waals surface area contributed by atoms with Gasteiger partial charge in [0.05, 0.1) is 23.1 Å². The maximum Gasteiger partial charge on any atom is 0.331 e. The van der Waals surface area contributed by atoms with E-state index in [4.69, 9.17) is 0 Å². The number of nitrogens with zero attached hydrogens (tertiary/aromatic N) is 3. The predicted octanol–water partition coefficient (Wildman–Crippen LogP) is 2.92. The van der Waals surface area contributed by atoms with Gasteiger partial charge in [-0.05, 0) is 36.8 Å². The first-order chi connectivity index (χ1) is 15.6. The van der Waals surface area contributed by atoms with E-state index in [0.29, 0.717) is 17.4 Å². The van der Waals surface area contributed by atoms with Crippen LogP contribution in [0.15, 0.2) is 94.5 Å². The Balaban J connectivity index is 1.66. The molecule has 7 nitrogen and oxygen atoms in total. The lowest BCUT2D eigenvalue weighted by molar-refractivity contribution is -0.121. The van der Waals surface area contributed by atoms with Gasteiger partial charge in [0.1, 0.15) is 6.54 Å². The highest BCUT2D eigenvalue weighted by atomic mass is 16.2. The van der Waals surface area contributed by atoms with E-state index in [0.717, 1.165) is 15.8 Å². The van der Waals surface area contributed by atoms with Crippen LogP contribution in [0.5, 0.6) is 0 Å². The Morgan fingerprint density at radius 2 is 1.47 bits per heavy atom. The Morgan fingerprint density at radius 3 is 2.16 bits per heavy atom. The molecule has 4 rings (SSSR count). The summed E-state index contributed by atoms with van der Waals surface area (Å²) in [5, 5.41) is 2.16. The first-order valence-electron chi connectivity index (χ1n) is 10.5. The van der Waals surface area contributed by atoms with Gasteiger partial charge in [-0.3, -0.25) is 29.2 Å². The van der Waals surface area contributed by atoms with Crippen molar-refractivity contribution in [3.63, 3.8) is 0 Å². The van der Waals surface area contributed by atoms with Crippen LogP contribution in [0.2, 0.25) is 0 Å². The molecule has 4 aromatic rings. The largest absolute Gasteiger partial charge is 0.331 e. The Kier molecular flexibility index (Phi) is 6.17. The number of para-hydroxylation sites is 2. The molecule has 1 amide bonds. The number of anilines is 1. The van der Waals surface area contributed by atoms with Gasteiger partial charge in [-0.25, -0.2) is 4.79 Å². The summed E-state index contributed by atoms with van der Waals surface area (Å²) < 4.78 is 2.50. The third kappa shape index (κ3) is 4.32. The fourth-order valence-corrected chi connectivity index (χ4v) is 3.70. The summed E-state index contributed by atoms with van der Waals surface area (Å²) in [6.45, 7) is 2.21. The topological polar surface area (TPSA) is 76.3 Å². The van der Waals surface area contributed by atoms with E-state index in [9.17, 15) is 14.4 Å². The second-order valence-corrected chi connectivity index (χ2v) is 7.38. The lowest BCUT2D eigenvalue weighted by atomic mass is 10.2. The van der Waals surface area contributed by atoms with Crippen molar-refractivity contribution in [1.82, 2.24) is 14.6 Å². The minimum Gasteiger partial charge on any atom is -0.284 e. The van der Waals surface area contributed by atoms with Crippen molar-refractivity contribution >= 4 is 22.5 Å². The minimum absolute atomic E-state index is 0.211. The maximum atomic E-state index is 13.1. The Hall–Kier alpha value is -4.13.